The number of carbonyl (C=O) groups excluding carboxylic acids is 1. The average Bonchev–Trinajstić information content (AvgIpc) is 3.61. The van der Waals surface area contributed by atoms with E-state index in [4.69, 9.17) is 14.7 Å². The summed E-state index contributed by atoms with van der Waals surface area (Å²) in [4.78, 5) is 23.2. The third-order valence-electron chi connectivity index (χ3n) is 5.55. The van der Waals surface area contributed by atoms with Gasteiger partial charge in [0.15, 0.2) is 0 Å². The highest BCUT2D eigenvalue weighted by atomic mass is 19.1. The van der Waals surface area contributed by atoms with Crippen LogP contribution in [0.3, 0.4) is 0 Å². The molecule has 0 spiro atoms. The van der Waals surface area contributed by atoms with E-state index in [1.807, 2.05) is 0 Å². The van der Waals surface area contributed by atoms with Crippen LogP contribution in [0.4, 0.5) is 14.9 Å². The van der Waals surface area contributed by atoms with Crippen molar-refractivity contribution in [3.8, 4) is 11.1 Å². The molecule has 1 fully saturated rings. The number of rotatable bonds is 7. The van der Waals surface area contributed by atoms with Crippen molar-refractivity contribution in [1.82, 2.24) is 25.5 Å². The van der Waals surface area contributed by atoms with Gasteiger partial charge in [0.1, 0.15) is 24.1 Å². The standard InChI is InChI=1S/C22H21FN6O5/c23-17-7-14(29-11-15(33-22(29)32)10-28-6-5-25-27-28)2-3-16(17)13-1-4-18(24-9-13)19-8-21(34-26-19)20(31)12-30/h1-9,15,20-21,26,30-31H,10-12H2/t15-,20+,21-/m0/s1. The van der Waals surface area contributed by atoms with Crippen molar-refractivity contribution in [3.63, 3.8) is 0 Å². The molecule has 34 heavy (non-hydrogen) atoms. The number of hydrogen-bond acceptors (Lipinski definition) is 9. The van der Waals surface area contributed by atoms with Crippen LogP contribution in [-0.2, 0) is 16.1 Å². The van der Waals surface area contributed by atoms with E-state index < -0.39 is 36.8 Å². The summed E-state index contributed by atoms with van der Waals surface area (Å²) in [6.07, 6.45) is 3.63. The van der Waals surface area contributed by atoms with Gasteiger partial charge in [0.2, 0.25) is 0 Å². The second kappa shape index (κ2) is 9.17. The molecule has 1 aromatic carbocycles. The van der Waals surface area contributed by atoms with Gasteiger partial charge in [-0.25, -0.2) is 13.9 Å². The molecule has 3 aromatic rings. The number of ether oxygens (including phenoxy) is 1. The van der Waals surface area contributed by atoms with Gasteiger partial charge in [-0.2, -0.15) is 0 Å². The molecule has 11 nitrogen and oxygen atoms in total. The van der Waals surface area contributed by atoms with Crippen LogP contribution in [0.15, 0.2) is 55.0 Å². The summed E-state index contributed by atoms with van der Waals surface area (Å²) < 4.78 is 21.9. The first-order valence-electron chi connectivity index (χ1n) is 10.5. The zero-order valence-corrected chi connectivity index (χ0v) is 17.8. The lowest BCUT2D eigenvalue weighted by Gasteiger charge is -2.14. The number of anilines is 1. The fraction of sp³-hybridized carbons (Fsp3) is 0.273. The normalized spacial score (nSPS) is 20.7. The highest BCUT2D eigenvalue weighted by Gasteiger charge is 2.33. The molecule has 0 saturated carbocycles. The number of nitrogens with zero attached hydrogens (tertiary/aromatic N) is 5. The summed E-state index contributed by atoms with van der Waals surface area (Å²) in [5.41, 5.74) is 5.00. The smallest absolute Gasteiger partial charge is 0.414 e. The SMILES string of the molecule is O=C1O[C@@H](Cn2ccnn2)CN1c1ccc(-c2ccc(C3=C[C@@H]([C@H](O)CO)ON3)nc2)c(F)c1. The molecule has 3 atom stereocenters. The number of hydroxylamine groups is 1. The van der Waals surface area contributed by atoms with Crippen LogP contribution in [0.1, 0.15) is 5.69 Å². The number of halogens is 1. The number of amides is 1. The molecule has 0 aliphatic carbocycles. The largest absolute Gasteiger partial charge is 0.442 e. The second-order valence-electron chi connectivity index (χ2n) is 7.85. The van der Waals surface area contributed by atoms with Crippen LogP contribution in [0.2, 0.25) is 0 Å². The Morgan fingerprint density at radius 3 is 2.88 bits per heavy atom. The minimum Gasteiger partial charge on any atom is -0.442 e. The fourth-order valence-corrected chi connectivity index (χ4v) is 3.78. The van der Waals surface area contributed by atoms with E-state index in [-0.39, 0.29) is 6.54 Å². The molecule has 0 unspecified atom stereocenters. The summed E-state index contributed by atoms with van der Waals surface area (Å²) in [7, 11) is 0. The number of benzene rings is 1. The number of carbonyl (C=O) groups is 1. The Morgan fingerprint density at radius 1 is 1.29 bits per heavy atom. The van der Waals surface area contributed by atoms with Crippen LogP contribution in [0, 0.1) is 5.82 Å². The van der Waals surface area contributed by atoms with Gasteiger partial charge in [-0.1, -0.05) is 11.3 Å². The Labute approximate surface area is 193 Å². The molecule has 1 amide bonds. The third-order valence-corrected chi connectivity index (χ3v) is 5.55. The van der Waals surface area contributed by atoms with E-state index >= 15 is 0 Å². The van der Waals surface area contributed by atoms with Gasteiger partial charge in [-0.05, 0) is 30.3 Å². The first kappa shape index (κ1) is 21.9. The molecule has 0 radical (unpaired) electrons. The Bertz CT molecular complexity index is 1200. The minimum absolute atomic E-state index is 0.268. The number of nitrogens with one attached hydrogen (secondary N) is 1. The van der Waals surface area contributed by atoms with Crippen molar-refractivity contribution >= 4 is 17.5 Å². The number of aliphatic hydroxyl groups excluding tert-OH is 2. The van der Waals surface area contributed by atoms with Crippen LogP contribution in [0.5, 0.6) is 0 Å². The predicted octanol–water partition coefficient (Wildman–Crippen LogP) is 1.10. The van der Waals surface area contributed by atoms with Crippen LogP contribution in [-0.4, -0.2) is 67.7 Å². The first-order chi connectivity index (χ1) is 16.5. The Morgan fingerprint density at radius 2 is 2.18 bits per heavy atom. The van der Waals surface area contributed by atoms with E-state index in [1.165, 1.54) is 23.4 Å². The minimum atomic E-state index is -1.05. The summed E-state index contributed by atoms with van der Waals surface area (Å²) in [5, 5.41) is 26.3. The highest BCUT2D eigenvalue weighted by molar-refractivity contribution is 5.90. The molecule has 0 bridgehead atoms. The Kier molecular flexibility index (Phi) is 5.92. The summed E-state index contributed by atoms with van der Waals surface area (Å²) in [5.74, 6) is -0.507. The lowest BCUT2D eigenvalue weighted by Crippen LogP contribution is -2.29. The molecular weight excluding hydrogens is 447 g/mol. The zero-order chi connectivity index (χ0) is 23.7. The molecule has 176 valence electrons. The zero-order valence-electron chi connectivity index (χ0n) is 17.8. The van der Waals surface area contributed by atoms with Crippen LogP contribution < -0.4 is 10.4 Å². The molecular formula is C22H21FN6O5. The Balaban J connectivity index is 1.29. The maximum absolute atomic E-state index is 15.0. The number of aliphatic hydroxyl groups is 2. The van der Waals surface area contributed by atoms with E-state index in [0.29, 0.717) is 34.8 Å². The van der Waals surface area contributed by atoms with Gasteiger partial charge in [0, 0.05) is 23.5 Å². The fourth-order valence-electron chi connectivity index (χ4n) is 3.78. The van der Waals surface area contributed by atoms with E-state index in [1.54, 1.807) is 41.2 Å². The topological polar surface area (TPSA) is 135 Å². The van der Waals surface area contributed by atoms with Crippen molar-refractivity contribution in [2.24, 2.45) is 0 Å². The number of hydrogen-bond donors (Lipinski definition) is 3. The predicted molar refractivity (Wildman–Crippen MR) is 116 cm³/mol. The quantitative estimate of drug-likeness (QED) is 0.466. The molecule has 12 heteroatoms. The summed E-state index contributed by atoms with van der Waals surface area (Å²) in [6, 6.07) is 7.92. The van der Waals surface area contributed by atoms with Gasteiger partial charge in [-0.3, -0.25) is 20.2 Å². The molecule has 2 aliphatic heterocycles. The highest BCUT2D eigenvalue weighted by Crippen LogP contribution is 2.30. The monoisotopic (exact) mass is 468 g/mol. The second-order valence-corrected chi connectivity index (χ2v) is 7.85. The van der Waals surface area contributed by atoms with Gasteiger partial charge in [0.05, 0.1) is 43.0 Å². The van der Waals surface area contributed by atoms with Crippen molar-refractivity contribution in [2.75, 3.05) is 18.1 Å². The van der Waals surface area contributed by atoms with Crippen molar-refractivity contribution in [1.29, 1.82) is 0 Å². The molecule has 1 saturated heterocycles. The van der Waals surface area contributed by atoms with Crippen molar-refractivity contribution in [2.45, 2.75) is 24.9 Å². The lowest BCUT2D eigenvalue weighted by atomic mass is 10.1. The summed E-state index contributed by atoms with van der Waals surface area (Å²) >= 11 is 0. The van der Waals surface area contributed by atoms with Crippen molar-refractivity contribution in [3.05, 3.63) is 66.5 Å². The lowest BCUT2D eigenvalue weighted by molar-refractivity contribution is -0.0484. The molecule has 5 rings (SSSR count). The van der Waals surface area contributed by atoms with E-state index in [0.717, 1.165) is 0 Å². The number of cyclic esters (lactones) is 1. The molecule has 3 N–H and O–H groups in total. The van der Waals surface area contributed by atoms with Crippen LogP contribution >= 0.6 is 0 Å². The van der Waals surface area contributed by atoms with E-state index in [2.05, 4.69) is 20.8 Å². The molecule has 2 aliphatic rings. The molecule has 2 aromatic heterocycles. The van der Waals surface area contributed by atoms with Gasteiger partial charge >= 0.3 is 6.09 Å². The van der Waals surface area contributed by atoms with Gasteiger partial charge in [-0.15, -0.1) is 5.10 Å². The van der Waals surface area contributed by atoms with Gasteiger partial charge in [0.25, 0.3) is 0 Å². The number of aromatic nitrogens is 4. The average molecular weight is 468 g/mol. The van der Waals surface area contributed by atoms with Crippen molar-refractivity contribution < 1.29 is 29.0 Å². The van der Waals surface area contributed by atoms with E-state index in [9.17, 15) is 14.3 Å². The first-order valence-corrected chi connectivity index (χ1v) is 10.5. The maximum atomic E-state index is 15.0. The Hall–Kier alpha value is -3.87. The van der Waals surface area contributed by atoms with Crippen LogP contribution in [0.25, 0.3) is 16.8 Å². The number of pyridine rings is 1. The van der Waals surface area contributed by atoms with Gasteiger partial charge < -0.3 is 14.9 Å². The summed E-state index contributed by atoms with van der Waals surface area (Å²) in [6.45, 7) is 0.191. The third kappa shape index (κ3) is 4.33. The maximum Gasteiger partial charge on any atom is 0.414 e. The molecule has 4 heterocycles.